The van der Waals surface area contributed by atoms with Gasteiger partial charge in [0.05, 0.1) is 10.7 Å². The summed E-state index contributed by atoms with van der Waals surface area (Å²) in [6, 6.07) is 13.1. The van der Waals surface area contributed by atoms with Gasteiger partial charge in [-0.3, -0.25) is 9.78 Å². The fourth-order valence-electron chi connectivity index (χ4n) is 3.44. The second-order valence-electron chi connectivity index (χ2n) is 5.48. The van der Waals surface area contributed by atoms with Gasteiger partial charge in [-0.05, 0) is 36.1 Å². The molecule has 2 atom stereocenters. The predicted molar refractivity (Wildman–Crippen MR) is 87.8 cm³/mol. The number of benzene rings is 1. The van der Waals surface area contributed by atoms with Crippen LogP contribution in [0.4, 0.5) is 0 Å². The van der Waals surface area contributed by atoms with Crippen molar-refractivity contribution >= 4 is 23.2 Å². The zero-order valence-electron chi connectivity index (χ0n) is 11.9. The molecule has 0 bridgehead atoms. The molecule has 1 aliphatic carbocycles. The monoisotopic (exact) mass is 312 g/mol. The summed E-state index contributed by atoms with van der Waals surface area (Å²) in [6.45, 7) is 0. The molecule has 5 heteroatoms. The van der Waals surface area contributed by atoms with E-state index in [9.17, 15) is 9.90 Å². The van der Waals surface area contributed by atoms with Gasteiger partial charge in [-0.2, -0.15) is 0 Å². The predicted octanol–water partition coefficient (Wildman–Crippen LogP) is 2.42. The van der Waals surface area contributed by atoms with Crippen molar-refractivity contribution in [3.05, 3.63) is 65.5 Å². The molecule has 0 amide bonds. The molecule has 0 aliphatic heterocycles. The molecule has 0 spiro atoms. The van der Waals surface area contributed by atoms with Crippen LogP contribution in [0.25, 0.3) is 0 Å². The Morgan fingerprint density at radius 2 is 2.00 bits per heavy atom. The number of hydrogen-bond donors (Lipinski definition) is 2. The van der Waals surface area contributed by atoms with Gasteiger partial charge in [-0.1, -0.05) is 42.5 Å². The molecule has 22 heavy (non-hydrogen) atoms. The third-order valence-electron chi connectivity index (χ3n) is 4.45. The fraction of sp³-hybridized carbons (Fsp3) is 0.235. The van der Waals surface area contributed by atoms with Crippen LogP contribution >= 0.6 is 12.2 Å². The summed E-state index contributed by atoms with van der Waals surface area (Å²) in [7, 11) is 0. The Morgan fingerprint density at radius 3 is 2.64 bits per heavy atom. The minimum atomic E-state index is -1.47. The van der Waals surface area contributed by atoms with Gasteiger partial charge in [-0.15, -0.1) is 0 Å². The van der Waals surface area contributed by atoms with Gasteiger partial charge in [0, 0.05) is 12.1 Å². The Balaban J connectivity index is 2.24. The Kier molecular flexibility index (Phi) is 3.66. The largest absolute Gasteiger partial charge is 0.480 e. The standard InChI is InChI=1S/C17H16N2O2S/c18-15(22)17(16(20)21,14-7-3-4-10-19-14)13-9-8-11-5-1-2-6-12(11)13/h1-7,10,13H,8-9H2,(H2,18,22)(H,20,21). The molecule has 2 unspecified atom stereocenters. The van der Waals surface area contributed by atoms with E-state index < -0.39 is 11.4 Å². The molecular formula is C17H16N2O2S. The fourth-order valence-corrected chi connectivity index (χ4v) is 3.78. The number of thiocarbonyl (C=S) groups is 1. The van der Waals surface area contributed by atoms with Crippen molar-refractivity contribution in [2.24, 2.45) is 5.73 Å². The first-order valence-electron chi connectivity index (χ1n) is 7.11. The highest BCUT2D eigenvalue weighted by atomic mass is 32.1. The number of rotatable bonds is 4. The maximum atomic E-state index is 12.3. The summed E-state index contributed by atoms with van der Waals surface area (Å²) in [5, 5.41) is 10.0. The molecular weight excluding hydrogens is 296 g/mol. The van der Waals surface area contributed by atoms with E-state index >= 15 is 0 Å². The summed E-state index contributed by atoms with van der Waals surface area (Å²) < 4.78 is 0. The SMILES string of the molecule is NC(=S)C(C(=O)O)(c1ccccn1)C1CCc2ccccc21. The van der Waals surface area contributed by atoms with Crippen LogP contribution < -0.4 is 5.73 Å². The van der Waals surface area contributed by atoms with Crippen molar-refractivity contribution in [1.82, 2.24) is 4.98 Å². The Labute approximate surface area is 134 Å². The number of aryl methyl sites for hydroxylation is 1. The third kappa shape index (κ3) is 2.01. The molecule has 1 aliphatic rings. The van der Waals surface area contributed by atoms with Crippen LogP contribution in [0.15, 0.2) is 48.7 Å². The quantitative estimate of drug-likeness (QED) is 0.848. The van der Waals surface area contributed by atoms with Gasteiger partial charge < -0.3 is 10.8 Å². The number of hydrogen-bond acceptors (Lipinski definition) is 3. The van der Waals surface area contributed by atoms with Gasteiger partial charge in [0.1, 0.15) is 0 Å². The van der Waals surface area contributed by atoms with E-state index in [1.807, 2.05) is 24.3 Å². The lowest BCUT2D eigenvalue weighted by molar-refractivity contribution is -0.142. The van der Waals surface area contributed by atoms with E-state index in [1.165, 1.54) is 0 Å². The molecule has 1 aromatic heterocycles. The van der Waals surface area contributed by atoms with E-state index in [0.717, 1.165) is 17.5 Å². The van der Waals surface area contributed by atoms with Crippen molar-refractivity contribution in [3.8, 4) is 0 Å². The highest BCUT2D eigenvalue weighted by molar-refractivity contribution is 7.80. The Bertz CT molecular complexity index is 716. The van der Waals surface area contributed by atoms with E-state index in [1.54, 1.807) is 24.4 Å². The number of pyridine rings is 1. The van der Waals surface area contributed by atoms with Gasteiger partial charge in [0.15, 0.2) is 5.41 Å². The van der Waals surface area contributed by atoms with Gasteiger partial charge in [0.2, 0.25) is 0 Å². The third-order valence-corrected chi connectivity index (χ3v) is 4.77. The summed E-state index contributed by atoms with van der Waals surface area (Å²) in [4.78, 5) is 16.5. The number of aliphatic carboxylic acids is 1. The Morgan fingerprint density at radius 1 is 1.27 bits per heavy atom. The minimum Gasteiger partial charge on any atom is -0.480 e. The first-order valence-corrected chi connectivity index (χ1v) is 7.52. The maximum Gasteiger partial charge on any atom is 0.323 e. The van der Waals surface area contributed by atoms with Crippen molar-refractivity contribution < 1.29 is 9.90 Å². The van der Waals surface area contributed by atoms with E-state index in [2.05, 4.69) is 4.98 Å². The molecule has 0 saturated carbocycles. The van der Waals surface area contributed by atoms with Crippen LogP contribution in [0.2, 0.25) is 0 Å². The van der Waals surface area contributed by atoms with Crippen LogP contribution in [0.5, 0.6) is 0 Å². The van der Waals surface area contributed by atoms with Gasteiger partial charge in [-0.25, -0.2) is 0 Å². The van der Waals surface area contributed by atoms with Gasteiger partial charge >= 0.3 is 5.97 Å². The topological polar surface area (TPSA) is 76.2 Å². The van der Waals surface area contributed by atoms with E-state index in [-0.39, 0.29) is 10.9 Å². The molecule has 3 N–H and O–H groups in total. The zero-order chi connectivity index (χ0) is 15.7. The molecule has 1 heterocycles. The number of aromatic nitrogens is 1. The van der Waals surface area contributed by atoms with Crippen LogP contribution in [0.3, 0.4) is 0 Å². The number of nitrogens with two attached hydrogens (primary N) is 1. The minimum absolute atomic E-state index is 0.0413. The van der Waals surface area contributed by atoms with Crippen LogP contribution in [0.1, 0.15) is 29.2 Å². The van der Waals surface area contributed by atoms with E-state index in [0.29, 0.717) is 12.1 Å². The van der Waals surface area contributed by atoms with Crippen molar-refractivity contribution in [2.45, 2.75) is 24.2 Å². The summed E-state index contributed by atoms with van der Waals surface area (Å²) in [5.74, 6) is -1.34. The normalized spacial score (nSPS) is 19.2. The average molecular weight is 312 g/mol. The van der Waals surface area contributed by atoms with Crippen LogP contribution in [-0.4, -0.2) is 21.0 Å². The molecule has 112 valence electrons. The lowest BCUT2D eigenvalue weighted by Crippen LogP contribution is -2.51. The first kappa shape index (κ1) is 14.7. The summed E-state index contributed by atoms with van der Waals surface area (Å²) >= 11 is 5.21. The molecule has 0 fully saturated rings. The van der Waals surface area contributed by atoms with Crippen molar-refractivity contribution in [3.63, 3.8) is 0 Å². The smallest absolute Gasteiger partial charge is 0.323 e. The maximum absolute atomic E-state index is 12.3. The van der Waals surface area contributed by atoms with Crippen LogP contribution in [-0.2, 0) is 16.6 Å². The molecule has 2 aromatic rings. The number of carboxylic acid groups (broad SMARTS) is 1. The number of nitrogens with zero attached hydrogens (tertiary/aromatic N) is 1. The highest BCUT2D eigenvalue weighted by Gasteiger charge is 2.53. The zero-order valence-corrected chi connectivity index (χ0v) is 12.7. The second-order valence-corrected chi connectivity index (χ2v) is 5.92. The van der Waals surface area contributed by atoms with Crippen molar-refractivity contribution in [2.75, 3.05) is 0 Å². The second kappa shape index (κ2) is 5.50. The summed E-state index contributed by atoms with van der Waals surface area (Å²) in [5.41, 5.74) is 7.04. The van der Waals surface area contributed by atoms with Gasteiger partial charge in [0.25, 0.3) is 0 Å². The number of fused-ring (bicyclic) bond motifs is 1. The molecule has 0 saturated heterocycles. The molecule has 4 nitrogen and oxygen atoms in total. The molecule has 3 rings (SSSR count). The average Bonchev–Trinajstić information content (AvgIpc) is 2.93. The Hall–Kier alpha value is -2.27. The number of carbonyl (C=O) groups is 1. The number of carboxylic acids is 1. The highest BCUT2D eigenvalue weighted by Crippen LogP contribution is 2.47. The molecule has 0 radical (unpaired) electrons. The lowest BCUT2D eigenvalue weighted by atomic mass is 9.69. The van der Waals surface area contributed by atoms with Crippen molar-refractivity contribution in [1.29, 1.82) is 0 Å². The van der Waals surface area contributed by atoms with Crippen LogP contribution in [0, 0.1) is 0 Å². The summed E-state index contributed by atoms with van der Waals surface area (Å²) in [6.07, 6.45) is 3.09. The molecule has 1 aromatic carbocycles. The van der Waals surface area contributed by atoms with E-state index in [4.69, 9.17) is 18.0 Å². The lowest BCUT2D eigenvalue weighted by Gasteiger charge is -2.34. The first-order chi connectivity index (χ1) is 10.6.